The first kappa shape index (κ1) is 12.6. The molecule has 0 amide bonds. The van der Waals surface area contributed by atoms with Crippen molar-refractivity contribution in [2.45, 2.75) is 6.42 Å². The van der Waals surface area contributed by atoms with Gasteiger partial charge in [0.15, 0.2) is 0 Å². The molecular weight excluding hydrogens is 236 g/mol. The normalized spacial score (nSPS) is 20.1. The van der Waals surface area contributed by atoms with Crippen LogP contribution in [0.15, 0.2) is 29.3 Å². The van der Waals surface area contributed by atoms with Crippen molar-refractivity contribution in [3.8, 4) is 0 Å². The van der Waals surface area contributed by atoms with Crippen molar-refractivity contribution < 1.29 is 0 Å². The maximum atomic E-state index is 4.31. The summed E-state index contributed by atoms with van der Waals surface area (Å²) in [4.78, 5) is 9.13. The van der Waals surface area contributed by atoms with Gasteiger partial charge in [-0.25, -0.2) is 0 Å². The highest BCUT2D eigenvalue weighted by Gasteiger charge is 2.14. The number of para-hydroxylation sites is 1. The van der Waals surface area contributed by atoms with E-state index in [0.29, 0.717) is 0 Å². The van der Waals surface area contributed by atoms with Crippen LogP contribution in [-0.2, 0) is 6.42 Å². The van der Waals surface area contributed by atoms with E-state index in [1.165, 1.54) is 24.3 Å². The molecule has 0 radical (unpaired) electrons. The molecule has 19 heavy (non-hydrogen) atoms. The Bertz CT molecular complexity index is 438. The third kappa shape index (κ3) is 3.14. The monoisotopic (exact) mass is 258 g/mol. The molecule has 2 heterocycles. The minimum atomic E-state index is 0.923. The first-order valence-corrected chi connectivity index (χ1v) is 7.21. The Morgan fingerprint density at radius 1 is 1.11 bits per heavy atom. The molecule has 1 aromatic rings. The van der Waals surface area contributed by atoms with Crippen molar-refractivity contribution in [3.63, 3.8) is 0 Å². The lowest BCUT2D eigenvalue weighted by atomic mass is 10.1. The summed E-state index contributed by atoms with van der Waals surface area (Å²) in [6, 6.07) is 8.73. The second kappa shape index (κ2) is 6.17. The minimum Gasteiger partial charge on any atom is -0.331 e. The van der Waals surface area contributed by atoms with Gasteiger partial charge in [0.1, 0.15) is 0 Å². The van der Waals surface area contributed by atoms with Gasteiger partial charge in [-0.2, -0.15) is 0 Å². The molecule has 0 atom stereocenters. The van der Waals surface area contributed by atoms with E-state index in [4.69, 9.17) is 0 Å². The topological polar surface area (TPSA) is 30.9 Å². The number of hydrogen-bond donors (Lipinski definition) is 1. The van der Waals surface area contributed by atoms with E-state index in [1.807, 2.05) is 6.34 Å². The third-order valence-electron chi connectivity index (χ3n) is 3.90. The fourth-order valence-electron chi connectivity index (χ4n) is 2.78. The molecule has 2 aliphatic heterocycles. The summed E-state index contributed by atoms with van der Waals surface area (Å²) < 4.78 is 0. The van der Waals surface area contributed by atoms with E-state index in [-0.39, 0.29) is 0 Å². The number of aliphatic imine (C=N–C) groups is 1. The summed E-state index contributed by atoms with van der Waals surface area (Å²) >= 11 is 0. The molecule has 0 spiro atoms. The minimum absolute atomic E-state index is 0.923. The van der Waals surface area contributed by atoms with Crippen LogP contribution in [0.1, 0.15) is 5.56 Å². The number of rotatable bonds is 4. The Morgan fingerprint density at radius 3 is 2.74 bits per heavy atom. The zero-order valence-electron chi connectivity index (χ0n) is 11.4. The number of nitrogens with one attached hydrogen (secondary N) is 1. The van der Waals surface area contributed by atoms with E-state index in [2.05, 4.69) is 44.4 Å². The maximum absolute atomic E-state index is 4.31. The predicted octanol–water partition coefficient (Wildman–Crippen LogP) is 0.983. The van der Waals surface area contributed by atoms with E-state index >= 15 is 0 Å². The van der Waals surface area contributed by atoms with Crippen molar-refractivity contribution >= 4 is 12.0 Å². The Kier molecular flexibility index (Phi) is 4.10. The van der Waals surface area contributed by atoms with Crippen LogP contribution in [0.3, 0.4) is 0 Å². The van der Waals surface area contributed by atoms with Crippen molar-refractivity contribution in [3.05, 3.63) is 29.8 Å². The molecule has 4 heteroatoms. The van der Waals surface area contributed by atoms with Crippen molar-refractivity contribution in [1.29, 1.82) is 0 Å². The lowest BCUT2D eigenvalue weighted by Gasteiger charge is -2.28. The van der Waals surface area contributed by atoms with Crippen LogP contribution in [0.5, 0.6) is 0 Å². The summed E-state index contributed by atoms with van der Waals surface area (Å²) in [6.45, 7) is 7.70. The lowest BCUT2D eigenvalue weighted by molar-refractivity contribution is 0.244. The molecule has 0 aliphatic carbocycles. The molecule has 0 unspecified atom stereocenters. The fourth-order valence-corrected chi connectivity index (χ4v) is 2.78. The smallest absolute Gasteiger partial charge is 0.0895 e. The van der Waals surface area contributed by atoms with E-state index in [9.17, 15) is 0 Å². The molecule has 4 nitrogen and oxygen atoms in total. The van der Waals surface area contributed by atoms with Gasteiger partial charge in [-0.3, -0.25) is 4.99 Å². The largest absolute Gasteiger partial charge is 0.331 e. The zero-order chi connectivity index (χ0) is 12.9. The van der Waals surface area contributed by atoms with E-state index in [1.54, 1.807) is 0 Å². The van der Waals surface area contributed by atoms with Gasteiger partial charge in [-0.1, -0.05) is 18.2 Å². The van der Waals surface area contributed by atoms with Crippen molar-refractivity contribution in [2.75, 3.05) is 50.7 Å². The Labute approximate surface area is 115 Å². The molecule has 0 saturated carbocycles. The van der Waals surface area contributed by atoms with Crippen LogP contribution in [0.2, 0.25) is 0 Å². The highest BCUT2D eigenvalue weighted by Crippen LogP contribution is 2.21. The highest BCUT2D eigenvalue weighted by atomic mass is 15.2. The molecule has 0 bridgehead atoms. The van der Waals surface area contributed by atoms with Gasteiger partial charge in [0, 0.05) is 45.0 Å². The standard InChI is InChI=1S/C15H22N4/c1-2-4-15(19-12-8-17-13-19)14(3-1)5-9-18-10-6-16-7-11-18/h1-4,13,16H,5-12H2. The van der Waals surface area contributed by atoms with Crippen LogP contribution in [0.4, 0.5) is 5.69 Å². The van der Waals surface area contributed by atoms with Crippen LogP contribution >= 0.6 is 0 Å². The van der Waals surface area contributed by atoms with Crippen LogP contribution < -0.4 is 10.2 Å². The van der Waals surface area contributed by atoms with Gasteiger partial charge in [-0.05, 0) is 18.1 Å². The maximum Gasteiger partial charge on any atom is 0.0895 e. The Hall–Kier alpha value is -1.39. The number of piperazine rings is 1. The third-order valence-corrected chi connectivity index (χ3v) is 3.90. The number of anilines is 1. The summed E-state index contributed by atoms with van der Waals surface area (Å²) in [7, 11) is 0. The van der Waals surface area contributed by atoms with E-state index in [0.717, 1.165) is 39.1 Å². The second-order valence-corrected chi connectivity index (χ2v) is 5.19. The fraction of sp³-hybridized carbons (Fsp3) is 0.533. The molecule has 1 fully saturated rings. The molecular formula is C15H22N4. The Morgan fingerprint density at radius 2 is 1.95 bits per heavy atom. The van der Waals surface area contributed by atoms with E-state index < -0.39 is 0 Å². The molecule has 0 aromatic heterocycles. The summed E-state index contributed by atoms with van der Waals surface area (Å²) in [5.41, 5.74) is 2.77. The first-order valence-electron chi connectivity index (χ1n) is 7.21. The van der Waals surface area contributed by atoms with Gasteiger partial charge in [-0.15, -0.1) is 0 Å². The zero-order valence-corrected chi connectivity index (χ0v) is 11.4. The van der Waals surface area contributed by atoms with Crippen LogP contribution in [-0.4, -0.2) is 57.1 Å². The van der Waals surface area contributed by atoms with Gasteiger partial charge in [0.25, 0.3) is 0 Å². The average molecular weight is 258 g/mol. The summed E-state index contributed by atoms with van der Waals surface area (Å²) in [5.74, 6) is 0. The predicted molar refractivity (Wildman–Crippen MR) is 80.2 cm³/mol. The molecule has 1 aromatic carbocycles. The number of nitrogens with zero attached hydrogens (tertiary/aromatic N) is 3. The van der Waals surface area contributed by atoms with Crippen LogP contribution in [0.25, 0.3) is 0 Å². The molecule has 1 N–H and O–H groups in total. The van der Waals surface area contributed by atoms with Gasteiger partial charge < -0.3 is 15.1 Å². The number of hydrogen-bond acceptors (Lipinski definition) is 4. The summed E-state index contributed by atoms with van der Waals surface area (Å²) in [6.07, 6.45) is 3.10. The average Bonchev–Trinajstić information content (AvgIpc) is 3.01. The first-order chi connectivity index (χ1) is 9.43. The lowest BCUT2D eigenvalue weighted by Crippen LogP contribution is -2.44. The SMILES string of the molecule is C1=NCCN1c1ccccc1CCN1CCNCC1. The highest BCUT2D eigenvalue weighted by molar-refractivity contribution is 5.82. The van der Waals surface area contributed by atoms with Crippen LogP contribution in [0, 0.1) is 0 Å². The molecule has 2 aliphatic rings. The second-order valence-electron chi connectivity index (χ2n) is 5.19. The quantitative estimate of drug-likeness (QED) is 0.873. The van der Waals surface area contributed by atoms with Gasteiger partial charge >= 0.3 is 0 Å². The van der Waals surface area contributed by atoms with Crippen molar-refractivity contribution in [2.24, 2.45) is 4.99 Å². The number of benzene rings is 1. The van der Waals surface area contributed by atoms with Gasteiger partial charge in [0.2, 0.25) is 0 Å². The molecule has 1 saturated heterocycles. The molecule has 102 valence electrons. The summed E-state index contributed by atoms with van der Waals surface area (Å²) in [5, 5.41) is 3.40. The van der Waals surface area contributed by atoms with Gasteiger partial charge in [0.05, 0.1) is 12.9 Å². The van der Waals surface area contributed by atoms with Crippen molar-refractivity contribution in [1.82, 2.24) is 10.2 Å². The molecule has 3 rings (SSSR count). The Balaban J connectivity index is 1.64.